The third-order valence-corrected chi connectivity index (χ3v) is 9.88. The number of carbonyl (C=O) groups is 3. The van der Waals surface area contributed by atoms with E-state index in [-0.39, 0.29) is 30.6 Å². The number of aromatic nitrogens is 2. The van der Waals surface area contributed by atoms with Crippen molar-refractivity contribution in [2.45, 2.75) is 84.1 Å². The zero-order valence-electron chi connectivity index (χ0n) is 28.9. The number of ketones is 1. The van der Waals surface area contributed by atoms with Gasteiger partial charge in [0.25, 0.3) is 0 Å². The summed E-state index contributed by atoms with van der Waals surface area (Å²) in [5.41, 5.74) is 8.99. The summed E-state index contributed by atoms with van der Waals surface area (Å²) >= 11 is 1.42. The van der Waals surface area contributed by atoms with Crippen molar-refractivity contribution >= 4 is 29.0 Å². The molecule has 0 fully saturated rings. The van der Waals surface area contributed by atoms with Gasteiger partial charge in [-0.25, -0.2) is 14.8 Å². The summed E-state index contributed by atoms with van der Waals surface area (Å²) < 4.78 is 5.88. The van der Waals surface area contributed by atoms with E-state index in [0.29, 0.717) is 10.7 Å². The van der Waals surface area contributed by atoms with E-state index in [4.69, 9.17) is 10.5 Å². The highest BCUT2D eigenvalue weighted by molar-refractivity contribution is 7.14. The van der Waals surface area contributed by atoms with Crippen LogP contribution in [0.25, 0.3) is 22.5 Å². The lowest BCUT2D eigenvalue weighted by Crippen LogP contribution is -2.48. The molecule has 0 unspecified atom stereocenters. The maximum atomic E-state index is 13.3. The summed E-state index contributed by atoms with van der Waals surface area (Å²) in [6, 6.07) is 18.0. The van der Waals surface area contributed by atoms with Crippen molar-refractivity contribution in [3.63, 3.8) is 0 Å². The van der Waals surface area contributed by atoms with Crippen LogP contribution in [0.4, 0.5) is 0 Å². The maximum absolute atomic E-state index is 13.3. The number of hydrogen-bond donors (Lipinski definition) is 3. The number of hydrogen-bond acceptors (Lipinski definition) is 8. The zero-order chi connectivity index (χ0) is 35.4. The molecular formula is C39H48N4O5S. The number of aliphatic carboxylic acids is 1. The SMILES string of the molecule is CCCCCCCOc1ccc(-c2cnc(-c3ccc(C[C@H](CC(=O)c4ccc(C(C)(C)C)s4)C(=O)N[C@@H](CN)C(=O)O)cc3)nc2)cc1. The molecule has 4 aromatic rings. The molecule has 10 heteroatoms. The Balaban J connectivity index is 1.41. The largest absolute Gasteiger partial charge is 0.494 e. The maximum Gasteiger partial charge on any atom is 0.327 e. The lowest BCUT2D eigenvalue weighted by Gasteiger charge is -2.19. The molecule has 0 saturated carbocycles. The third-order valence-electron chi connectivity index (χ3n) is 8.32. The first-order valence-corrected chi connectivity index (χ1v) is 17.8. The van der Waals surface area contributed by atoms with Crippen LogP contribution >= 0.6 is 11.3 Å². The van der Waals surface area contributed by atoms with Gasteiger partial charge in [-0.2, -0.15) is 0 Å². The first-order valence-electron chi connectivity index (χ1n) is 17.0. The predicted molar refractivity (Wildman–Crippen MR) is 195 cm³/mol. The fourth-order valence-electron chi connectivity index (χ4n) is 5.32. The number of Topliss-reactive ketones (excluding diaryl/α,β-unsaturated/α-hetero) is 1. The van der Waals surface area contributed by atoms with Crippen molar-refractivity contribution in [1.82, 2.24) is 15.3 Å². The van der Waals surface area contributed by atoms with Gasteiger partial charge < -0.3 is 20.9 Å². The van der Waals surface area contributed by atoms with Crippen LogP contribution in [0.3, 0.4) is 0 Å². The highest BCUT2D eigenvalue weighted by atomic mass is 32.1. The van der Waals surface area contributed by atoms with Crippen LogP contribution in [0.2, 0.25) is 0 Å². The summed E-state index contributed by atoms with van der Waals surface area (Å²) in [4.78, 5) is 49.0. The van der Waals surface area contributed by atoms with Crippen molar-refractivity contribution in [3.8, 4) is 28.3 Å². The molecule has 260 valence electrons. The number of thiophene rings is 1. The smallest absolute Gasteiger partial charge is 0.327 e. The topological polar surface area (TPSA) is 144 Å². The standard InChI is InChI=1S/C39H48N4O5S/c1-5-6-7-8-9-20-48-31-16-14-27(15-17-31)30-24-41-36(42-25-30)28-12-10-26(11-13-28)21-29(37(45)43-32(23-40)38(46)47)22-33(44)34-18-19-35(49-34)39(2,3)4/h10-19,24-25,29,32H,5-9,20-23,40H2,1-4H3,(H,43,45)(H,46,47)/t29-,32+/m1/s1. The van der Waals surface area contributed by atoms with Crippen LogP contribution in [0.5, 0.6) is 5.75 Å². The highest BCUT2D eigenvalue weighted by Gasteiger charge is 2.28. The fraction of sp³-hybridized carbons (Fsp3) is 0.410. The Hall–Kier alpha value is -4.41. The average Bonchev–Trinajstić information content (AvgIpc) is 3.61. The molecule has 2 aromatic heterocycles. The third kappa shape index (κ3) is 11.1. The van der Waals surface area contributed by atoms with Crippen molar-refractivity contribution in [1.29, 1.82) is 0 Å². The van der Waals surface area contributed by atoms with Crippen LogP contribution in [0.15, 0.2) is 73.1 Å². The van der Waals surface area contributed by atoms with E-state index >= 15 is 0 Å². The normalized spacial score (nSPS) is 12.7. The van der Waals surface area contributed by atoms with Gasteiger partial charge in [0.15, 0.2) is 11.6 Å². The van der Waals surface area contributed by atoms with Crippen LogP contribution in [-0.2, 0) is 21.4 Å². The average molecular weight is 685 g/mol. The summed E-state index contributed by atoms with van der Waals surface area (Å²) in [6.07, 6.45) is 9.76. The Bertz CT molecular complexity index is 1660. The van der Waals surface area contributed by atoms with E-state index in [0.717, 1.165) is 45.9 Å². The van der Waals surface area contributed by atoms with E-state index in [1.807, 2.05) is 54.6 Å². The number of nitrogens with one attached hydrogen (secondary N) is 1. The first-order chi connectivity index (χ1) is 23.5. The Labute approximate surface area is 293 Å². The van der Waals surface area contributed by atoms with Gasteiger partial charge in [-0.15, -0.1) is 11.3 Å². The van der Waals surface area contributed by atoms with Crippen LogP contribution in [0.1, 0.15) is 86.3 Å². The van der Waals surface area contributed by atoms with Crippen molar-refractivity contribution < 1.29 is 24.2 Å². The molecule has 9 nitrogen and oxygen atoms in total. The van der Waals surface area contributed by atoms with Crippen LogP contribution in [0, 0.1) is 5.92 Å². The van der Waals surface area contributed by atoms with E-state index in [1.165, 1.54) is 37.0 Å². The number of nitrogens with two attached hydrogens (primary N) is 1. The minimum atomic E-state index is -1.24. The second-order valence-electron chi connectivity index (χ2n) is 13.4. The minimum absolute atomic E-state index is 0.0642. The number of carboxylic acid groups (broad SMARTS) is 1. The van der Waals surface area contributed by atoms with E-state index in [2.05, 4.69) is 43.0 Å². The molecule has 0 aliphatic carbocycles. The van der Waals surface area contributed by atoms with Gasteiger partial charge in [-0.3, -0.25) is 9.59 Å². The number of rotatable bonds is 18. The van der Waals surface area contributed by atoms with Crippen molar-refractivity contribution in [2.75, 3.05) is 13.2 Å². The van der Waals surface area contributed by atoms with Gasteiger partial charge in [0, 0.05) is 47.3 Å². The quantitative estimate of drug-likeness (QED) is 0.0723. The molecule has 1 amide bonds. The van der Waals surface area contributed by atoms with Gasteiger partial charge in [-0.1, -0.05) is 89.8 Å². The molecule has 2 heterocycles. The Morgan fingerprint density at radius 2 is 1.53 bits per heavy atom. The van der Waals surface area contributed by atoms with Crippen molar-refractivity contribution in [3.05, 3.63) is 88.4 Å². The van der Waals surface area contributed by atoms with Crippen LogP contribution < -0.4 is 15.8 Å². The predicted octanol–water partition coefficient (Wildman–Crippen LogP) is 7.48. The number of unbranched alkanes of at least 4 members (excludes halogenated alkanes) is 4. The Morgan fingerprint density at radius 1 is 0.878 bits per heavy atom. The van der Waals surface area contributed by atoms with Gasteiger partial charge in [0.05, 0.1) is 11.5 Å². The monoisotopic (exact) mass is 684 g/mol. The molecule has 49 heavy (non-hydrogen) atoms. The number of nitrogens with zero attached hydrogens (tertiary/aromatic N) is 2. The molecule has 0 saturated heterocycles. The summed E-state index contributed by atoms with van der Waals surface area (Å²) in [5.74, 6) is -1.29. The second-order valence-corrected chi connectivity index (χ2v) is 14.4. The number of ether oxygens (including phenoxy) is 1. The first kappa shape index (κ1) is 37.4. The molecule has 0 radical (unpaired) electrons. The molecule has 0 aliphatic rings. The second kappa shape index (κ2) is 17.8. The Kier molecular flexibility index (Phi) is 13.6. The molecule has 0 bridgehead atoms. The van der Waals surface area contributed by atoms with Gasteiger partial charge >= 0.3 is 5.97 Å². The van der Waals surface area contributed by atoms with Gasteiger partial charge in [0.1, 0.15) is 11.8 Å². The molecular weight excluding hydrogens is 637 g/mol. The fourth-order valence-corrected chi connectivity index (χ4v) is 6.34. The van der Waals surface area contributed by atoms with Crippen molar-refractivity contribution in [2.24, 2.45) is 11.7 Å². The zero-order valence-corrected chi connectivity index (χ0v) is 29.7. The minimum Gasteiger partial charge on any atom is -0.494 e. The molecule has 4 N–H and O–H groups in total. The number of amides is 1. The molecule has 0 spiro atoms. The van der Waals surface area contributed by atoms with E-state index < -0.39 is 23.8 Å². The lowest BCUT2D eigenvalue weighted by molar-refractivity contribution is -0.142. The lowest BCUT2D eigenvalue weighted by atomic mass is 9.92. The summed E-state index contributed by atoms with van der Waals surface area (Å²) in [5, 5.41) is 12.0. The van der Waals surface area contributed by atoms with Crippen LogP contribution in [-0.4, -0.2) is 51.9 Å². The summed E-state index contributed by atoms with van der Waals surface area (Å²) in [6.45, 7) is 8.92. The molecule has 4 rings (SSSR count). The Morgan fingerprint density at radius 3 is 2.12 bits per heavy atom. The summed E-state index contributed by atoms with van der Waals surface area (Å²) in [7, 11) is 0. The number of carboxylic acids is 1. The van der Waals surface area contributed by atoms with Gasteiger partial charge in [0.2, 0.25) is 5.91 Å². The molecule has 2 atom stereocenters. The van der Waals surface area contributed by atoms with Gasteiger partial charge in [-0.05, 0) is 53.6 Å². The number of benzene rings is 2. The number of carbonyl (C=O) groups excluding carboxylic acids is 2. The van der Waals surface area contributed by atoms with E-state index in [1.54, 1.807) is 18.5 Å². The highest BCUT2D eigenvalue weighted by Crippen LogP contribution is 2.31. The van der Waals surface area contributed by atoms with E-state index in [9.17, 15) is 19.5 Å². The molecule has 0 aliphatic heterocycles. The molecule has 2 aromatic carbocycles.